The van der Waals surface area contributed by atoms with E-state index < -0.39 is 6.10 Å². The summed E-state index contributed by atoms with van der Waals surface area (Å²) in [6.45, 7) is 11.3. The Bertz CT molecular complexity index is 654. The maximum atomic E-state index is 10.5. The molecule has 3 heteroatoms. The lowest BCUT2D eigenvalue weighted by Crippen LogP contribution is -2.37. The number of benzene rings is 2. The second kappa shape index (κ2) is 9.59. The van der Waals surface area contributed by atoms with E-state index in [0.717, 1.165) is 24.4 Å². The fourth-order valence-corrected chi connectivity index (χ4v) is 3.00. The van der Waals surface area contributed by atoms with Gasteiger partial charge in [0.05, 0.1) is 0 Å². The van der Waals surface area contributed by atoms with Gasteiger partial charge in [-0.15, -0.1) is 0 Å². The molecule has 0 radical (unpaired) electrons. The molecule has 0 unspecified atom stereocenters. The van der Waals surface area contributed by atoms with E-state index >= 15 is 0 Å². The van der Waals surface area contributed by atoms with Crippen molar-refractivity contribution in [3.8, 4) is 5.75 Å². The van der Waals surface area contributed by atoms with Crippen LogP contribution in [-0.4, -0.2) is 35.8 Å². The second-order valence-electron chi connectivity index (χ2n) is 7.24. The Hall–Kier alpha value is -1.84. The Morgan fingerprint density at radius 2 is 1.56 bits per heavy atom. The van der Waals surface area contributed by atoms with Crippen LogP contribution < -0.4 is 4.74 Å². The lowest BCUT2D eigenvalue weighted by Gasteiger charge is -2.27. The molecule has 2 aromatic rings. The first-order valence-electron chi connectivity index (χ1n) is 9.09. The molecule has 136 valence electrons. The zero-order chi connectivity index (χ0) is 18.2. The number of ether oxygens (including phenoxy) is 1. The van der Waals surface area contributed by atoms with Gasteiger partial charge in [-0.05, 0) is 42.5 Å². The van der Waals surface area contributed by atoms with Gasteiger partial charge < -0.3 is 9.84 Å². The van der Waals surface area contributed by atoms with Gasteiger partial charge in [-0.2, -0.15) is 0 Å². The maximum absolute atomic E-state index is 10.5. The molecule has 2 aromatic carbocycles. The van der Waals surface area contributed by atoms with Crippen LogP contribution in [0.5, 0.6) is 5.75 Å². The van der Waals surface area contributed by atoms with Gasteiger partial charge in [0.15, 0.2) is 0 Å². The van der Waals surface area contributed by atoms with Crippen LogP contribution in [0.15, 0.2) is 48.5 Å². The van der Waals surface area contributed by atoms with Crippen LogP contribution in [0.2, 0.25) is 0 Å². The quantitative estimate of drug-likeness (QED) is 0.742. The summed E-state index contributed by atoms with van der Waals surface area (Å²) in [5.74, 6) is 1.39. The van der Waals surface area contributed by atoms with Crippen LogP contribution >= 0.6 is 0 Å². The fraction of sp³-hybridized carbons (Fsp3) is 0.455. The average molecular weight is 341 g/mol. The minimum Gasteiger partial charge on any atom is -0.491 e. The Balaban J connectivity index is 1.94. The zero-order valence-electron chi connectivity index (χ0n) is 15.9. The monoisotopic (exact) mass is 341 g/mol. The van der Waals surface area contributed by atoms with Gasteiger partial charge in [0, 0.05) is 19.6 Å². The van der Waals surface area contributed by atoms with Crippen LogP contribution in [0.4, 0.5) is 0 Å². The van der Waals surface area contributed by atoms with Gasteiger partial charge in [0.25, 0.3) is 0 Å². The molecule has 0 fully saturated rings. The van der Waals surface area contributed by atoms with E-state index in [0.29, 0.717) is 19.1 Å². The van der Waals surface area contributed by atoms with E-state index in [1.54, 1.807) is 0 Å². The first kappa shape index (κ1) is 19.5. The van der Waals surface area contributed by atoms with Crippen molar-refractivity contribution in [2.24, 2.45) is 5.92 Å². The van der Waals surface area contributed by atoms with Crippen molar-refractivity contribution in [3.63, 3.8) is 0 Å². The van der Waals surface area contributed by atoms with Crippen molar-refractivity contribution in [2.75, 3.05) is 19.7 Å². The highest BCUT2D eigenvalue weighted by atomic mass is 16.5. The highest BCUT2D eigenvalue weighted by molar-refractivity contribution is 5.31. The molecular weight excluding hydrogens is 310 g/mol. The van der Waals surface area contributed by atoms with Crippen LogP contribution in [0.1, 0.15) is 30.5 Å². The number of aliphatic hydroxyl groups excluding tert-OH is 1. The van der Waals surface area contributed by atoms with Crippen molar-refractivity contribution >= 4 is 0 Å². The Labute approximate surface area is 152 Å². The highest BCUT2D eigenvalue weighted by Gasteiger charge is 2.15. The topological polar surface area (TPSA) is 32.7 Å². The van der Waals surface area contributed by atoms with Gasteiger partial charge in [-0.3, -0.25) is 4.90 Å². The molecule has 0 heterocycles. The van der Waals surface area contributed by atoms with Gasteiger partial charge >= 0.3 is 0 Å². The van der Waals surface area contributed by atoms with Crippen molar-refractivity contribution in [3.05, 3.63) is 65.2 Å². The molecule has 1 N–H and O–H groups in total. The average Bonchev–Trinajstić information content (AvgIpc) is 2.55. The van der Waals surface area contributed by atoms with Gasteiger partial charge in [-0.1, -0.05) is 56.3 Å². The number of para-hydroxylation sites is 1. The van der Waals surface area contributed by atoms with Crippen molar-refractivity contribution < 1.29 is 9.84 Å². The molecule has 0 aliphatic heterocycles. The van der Waals surface area contributed by atoms with E-state index in [2.05, 4.69) is 49.9 Å². The van der Waals surface area contributed by atoms with Gasteiger partial charge in [0.2, 0.25) is 0 Å². The Kier molecular flexibility index (Phi) is 7.48. The predicted molar refractivity (Wildman–Crippen MR) is 104 cm³/mol. The molecule has 0 aliphatic rings. The third kappa shape index (κ3) is 6.52. The second-order valence-corrected chi connectivity index (χ2v) is 7.24. The van der Waals surface area contributed by atoms with E-state index in [-0.39, 0.29) is 0 Å². The van der Waals surface area contributed by atoms with Crippen molar-refractivity contribution in [1.82, 2.24) is 4.90 Å². The molecule has 0 bridgehead atoms. The van der Waals surface area contributed by atoms with E-state index in [9.17, 15) is 5.11 Å². The summed E-state index contributed by atoms with van der Waals surface area (Å²) in [5, 5.41) is 10.5. The SMILES string of the molecule is Cc1ccccc1CN(CC(C)C)C[C@@H](O)COc1ccccc1C. The van der Waals surface area contributed by atoms with E-state index in [4.69, 9.17) is 4.74 Å². The molecule has 1 atom stereocenters. The maximum Gasteiger partial charge on any atom is 0.122 e. The summed E-state index contributed by atoms with van der Waals surface area (Å²) < 4.78 is 5.80. The van der Waals surface area contributed by atoms with Crippen molar-refractivity contribution in [1.29, 1.82) is 0 Å². The summed E-state index contributed by atoms with van der Waals surface area (Å²) in [4.78, 5) is 2.32. The molecule has 0 saturated heterocycles. The van der Waals surface area contributed by atoms with Crippen LogP contribution in [-0.2, 0) is 6.54 Å². The van der Waals surface area contributed by atoms with Crippen molar-refractivity contribution in [2.45, 2.75) is 40.3 Å². The summed E-state index contributed by atoms with van der Waals surface area (Å²) in [7, 11) is 0. The lowest BCUT2D eigenvalue weighted by molar-refractivity contribution is 0.0612. The molecule has 25 heavy (non-hydrogen) atoms. The minimum absolute atomic E-state index is 0.313. The third-order valence-corrected chi connectivity index (χ3v) is 4.27. The van der Waals surface area contributed by atoms with Gasteiger partial charge in [0.1, 0.15) is 18.5 Å². The molecule has 2 rings (SSSR count). The fourth-order valence-electron chi connectivity index (χ4n) is 3.00. The lowest BCUT2D eigenvalue weighted by atomic mass is 10.1. The Morgan fingerprint density at radius 1 is 0.920 bits per heavy atom. The number of hydrogen-bond acceptors (Lipinski definition) is 3. The molecule has 0 aromatic heterocycles. The molecular formula is C22H31NO2. The molecule has 0 spiro atoms. The number of nitrogens with zero attached hydrogens (tertiary/aromatic N) is 1. The summed E-state index contributed by atoms with van der Waals surface area (Å²) in [5.41, 5.74) is 3.70. The Morgan fingerprint density at radius 3 is 2.20 bits per heavy atom. The normalized spacial score (nSPS) is 12.6. The minimum atomic E-state index is -0.512. The smallest absolute Gasteiger partial charge is 0.122 e. The zero-order valence-corrected chi connectivity index (χ0v) is 15.9. The molecule has 0 aliphatic carbocycles. The molecule has 0 saturated carbocycles. The first-order valence-corrected chi connectivity index (χ1v) is 9.09. The third-order valence-electron chi connectivity index (χ3n) is 4.27. The predicted octanol–water partition coefficient (Wildman–Crippen LogP) is 4.20. The number of hydrogen-bond donors (Lipinski definition) is 1. The summed E-state index contributed by atoms with van der Waals surface area (Å²) >= 11 is 0. The van der Waals surface area contributed by atoms with Crippen LogP contribution in [0.25, 0.3) is 0 Å². The largest absolute Gasteiger partial charge is 0.491 e. The summed E-state index contributed by atoms with van der Waals surface area (Å²) in [6, 6.07) is 16.4. The molecule has 0 amide bonds. The number of aryl methyl sites for hydroxylation is 2. The van der Waals surface area contributed by atoms with E-state index in [1.165, 1.54) is 11.1 Å². The van der Waals surface area contributed by atoms with Crippen LogP contribution in [0, 0.1) is 19.8 Å². The van der Waals surface area contributed by atoms with Gasteiger partial charge in [-0.25, -0.2) is 0 Å². The summed E-state index contributed by atoms with van der Waals surface area (Å²) in [6.07, 6.45) is -0.512. The number of rotatable bonds is 9. The standard InChI is InChI=1S/C22H31NO2/c1-17(2)13-23(14-20-11-7-5-9-18(20)3)15-21(24)16-25-22-12-8-6-10-19(22)4/h5-12,17,21,24H,13-16H2,1-4H3/t21-/m1/s1. The number of aliphatic hydroxyl groups is 1. The first-order chi connectivity index (χ1) is 12.0. The van der Waals surface area contributed by atoms with E-state index in [1.807, 2.05) is 31.2 Å². The molecule has 3 nitrogen and oxygen atoms in total. The highest BCUT2D eigenvalue weighted by Crippen LogP contribution is 2.17. The van der Waals surface area contributed by atoms with Crippen LogP contribution in [0.3, 0.4) is 0 Å².